The summed E-state index contributed by atoms with van der Waals surface area (Å²) in [6, 6.07) is 2.65. The van der Waals surface area contributed by atoms with E-state index in [2.05, 4.69) is 15.0 Å². The van der Waals surface area contributed by atoms with E-state index in [0.29, 0.717) is 18.3 Å². The first-order chi connectivity index (χ1) is 8.92. The van der Waals surface area contributed by atoms with Crippen molar-refractivity contribution in [2.24, 2.45) is 5.92 Å². The van der Waals surface area contributed by atoms with Crippen LogP contribution < -0.4 is 10.1 Å². The first kappa shape index (κ1) is 13.9. The zero-order valence-corrected chi connectivity index (χ0v) is 10.2. The third kappa shape index (κ3) is 4.59. The van der Waals surface area contributed by atoms with Gasteiger partial charge in [-0.15, -0.1) is 13.2 Å². The Hall–Kier alpha value is -1.50. The highest BCUT2D eigenvalue weighted by atomic mass is 19.4. The van der Waals surface area contributed by atoms with Crippen LogP contribution in [0.25, 0.3) is 0 Å². The Morgan fingerprint density at radius 2 is 2.16 bits per heavy atom. The number of anilines is 1. The topological polar surface area (TPSA) is 54.4 Å². The quantitative estimate of drug-likeness (QED) is 0.887. The second-order valence-corrected chi connectivity index (χ2v) is 4.64. The maximum Gasteiger partial charge on any atom is 0.573 e. The lowest BCUT2D eigenvalue weighted by molar-refractivity contribution is -0.274. The van der Waals surface area contributed by atoms with Crippen LogP contribution in [0.2, 0.25) is 0 Å². The fourth-order valence-corrected chi connectivity index (χ4v) is 2.16. The Morgan fingerprint density at radius 3 is 2.68 bits per heavy atom. The van der Waals surface area contributed by atoms with Crippen LogP contribution in [0.15, 0.2) is 18.3 Å². The lowest BCUT2D eigenvalue weighted by atomic mass is 10.1. The molecule has 19 heavy (non-hydrogen) atoms. The highest BCUT2D eigenvalue weighted by Gasteiger charge is 2.31. The van der Waals surface area contributed by atoms with Crippen molar-refractivity contribution >= 4 is 5.82 Å². The number of aliphatic hydroxyl groups excluding tert-OH is 1. The lowest BCUT2D eigenvalue weighted by Gasteiger charge is -2.12. The number of aromatic nitrogens is 1. The highest BCUT2D eigenvalue weighted by Crippen LogP contribution is 2.26. The number of hydrogen-bond acceptors (Lipinski definition) is 4. The fraction of sp³-hybridized carbons (Fsp3) is 0.583. The molecular weight excluding hydrogens is 261 g/mol. The zero-order chi connectivity index (χ0) is 13.9. The Bertz CT molecular complexity index is 408. The molecule has 0 radical (unpaired) electrons. The van der Waals surface area contributed by atoms with Gasteiger partial charge in [-0.05, 0) is 37.3 Å². The SMILES string of the molecule is O[C@@H]1CC[C@@H](CNc2ccc(OC(F)(F)F)cn2)C1. The molecule has 1 aromatic rings. The van der Waals surface area contributed by atoms with Crippen LogP contribution in [0.4, 0.5) is 19.0 Å². The summed E-state index contributed by atoms with van der Waals surface area (Å²) >= 11 is 0. The van der Waals surface area contributed by atoms with Gasteiger partial charge in [-0.25, -0.2) is 4.98 Å². The van der Waals surface area contributed by atoms with Crippen molar-refractivity contribution in [2.75, 3.05) is 11.9 Å². The van der Waals surface area contributed by atoms with Gasteiger partial charge in [-0.2, -0.15) is 0 Å². The molecule has 2 N–H and O–H groups in total. The summed E-state index contributed by atoms with van der Waals surface area (Å²) in [7, 11) is 0. The Balaban J connectivity index is 1.82. The molecule has 0 saturated heterocycles. The minimum absolute atomic E-state index is 0.234. The lowest BCUT2D eigenvalue weighted by Crippen LogP contribution is -2.17. The Kier molecular flexibility index (Phi) is 4.14. The highest BCUT2D eigenvalue weighted by molar-refractivity contribution is 5.37. The summed E-state index contributed by atoms with van der Waals surface area (Å²) in [5.41, 5.74) is 0. The first-order valence-electron chi connectivity index (χ1n) is 6.06. The normalized spacial score (nSPS) is 23.4. The molecule has 0 bridgehead atoms. The maximum atomic E-state index is 11.9. The second-order valence-electron chi connectivity index (χ2n) is 4.64. The minimum atomic E-state index is -4.70. The van der Waals surface area contributed by atoms with E-state index in [1.807, 2.05) is 0 Å². The van der Waals surface area contributed by atoms with E-state index in [9.17, 15) is 18.3 Å². The number of aliphatic hydroxyl groups is 1. The molecule has 0 amide bonds. The molecule has 1 aliphatic rings. The molecule has 1 aliphatic carbocycles. The molecule has 106 valence electrons. The molecular formula is C12H15F3N2O2. The number of rotatable bonds is 4. The minimum Gasteiger partial charge on any atom is -0.404 e. The van der Waals surface area contributed by atoms with Gasteiger partial charge in [0.25, 0.3) is 0 Å². The van der Waals surface area contributed by atoms with Crippen molar-refractivity contribution in [1.82, 2.24) is 4.98 Å². The van der Waals surface area contributed by atoms with E-state index in [4.69, 9.17) is 0 Å². The molecule has 4 nitrogen and oxygen atoms in total. The molecule has 1 fully saturated rings. The number of ether oxygens (including phenoxy) is 1. The van der Waals surface area contributed by atoms with Crippen LogP contribution >= 0.6 is 0 Å². The predicted molar refractivity (Wildman–Crippen MR) is 62.8 cm³/mol. The fourth-order valence-electron chi connectivity index (χ4n) is 2.16. The molecule has 1 saturated carbocycles. The molecule has 0 spiro atoms. The summed E-state index contributed by atoms with van der Waals surface area (Å²) in [6.07, 6.45) is -1.40. The Morgan fingerprint density at radius 1 is 1.37 bits per heavy atom. The largest absolute Gasteiger partial charge is 0.573 e. The summed E-state index contributed by atoms with van der Waals surface area (Å²) in [5, 5.41) is 12.4. The van der Waals surface area contributed by atoms with Crippen molar-refractivity contribution in [3.05, 3.63) is 18.3 Å². The van der Waals surface area contributed by atoms with Crippen LogP contribution in [0.5, 0.6) is 5.75 Å². The third-order valence-electron chi connectivity index (χ3n) is 3.06. The standard InChI is InChI=1S/C12H15F3N2O2/c13-12(14,15)19-10-3-4-11(17-7-10)16-6-8-1-2-9(18)5-8/h3-4,7-9,18H,1-2,5-6H2,(H,16,17)/t8-,9-/m1/s1. The smallest absolute Gasteiger partial charge is 0.404 e. The maximum absolute atomic E-state index is 11.9. The number of pyridine rings is 1. The number of nitrogens with one attached hydrogen (secondary N) is 1. The van der Waals surface area contributed by atoms with Crippen molar-refractivity contribution in [3.8, 4) is 5.75 Å². The number of alkyl halides is 3. The van der Waals surface area contributed by atoms with Gasteiger partial charge in [-0.3, -0.25) is 0 Å². The van der Waals surface area contributed by atoms with Gasteiger partial charge in [0, 0.05) is 6.54 Å². The van der Waals surface area contributed by atoms with E-state index in [1.165, 1.54) is 12.1 Å². The monoisotopic (exact) mass is 276 g/mol. The van der Waals surface area contributed by atoms with Gasteiger partial charge in [0.1, 0.15) is 11.6 Å². The van der Waals surface area contributed by atoms with E-state index in [0.717, 1.165) is 25.5 Å². The molecule has 1 heterocycles. The third-order valence-corrected chi connectivity index (χ3v) is 3.06. The van der Waals surface area contributed by atoms with Gasteiger partial charge >= 0.3 is 6.36 Å². The number of nitrogens with zero attached hydrogens (tertiary/aromatic N) is 1. The molecule has 1 aromatic heterocycles. The summed E-state index contributed by atoms with van der Waals surface area (Å²) in [5.74, 6) is 0.535. The van der Waals surface area contributed by atoms with Crippen molar-refractivity contribution in [3.63, 3.8) is 0 Å². The van der Waals surface area contributed by atoms with E-state index in [-0.39, 0.29) is 11.9 Å². The zero-order valence-electron chi connectivity index (χ0n) is 10.2. The van der Waals surface area contributed by atoms with Gasteiger partial charge in [-0.1, -0.05) is 0 Å². The van der Waals surface area contributed by atoms with Gasteiger partial charge < -0.3 is 15.2 Å². The molecule has 7 heteroatoms. The van der Waals surface area contributed by atoms with Crippen LogP contribution in [0.1, 0.15) is 19.3 Å². The Labute approximate surface area is 108 Å². The summed E-state index contributed by atoms with van der Waals surface area (Å²) in [4.78, 5) is 3.84. The van der Waals surface area contributed by atoms with Crippen LogP contribution in [0, 0.1) is 5.92 Å². The number of hydrogen-bond donors (Lipinski definition) is 2. The van der Waals surface area contributed by atoms with E-state index in [1.54, 1.807) is 0 Å². The van der Waals surface area contributed by atoms with Crippen molar-refractivity contribution in [2.45, 2.75) is 31.7 Å². The van der Waals surface area contributed by atoms with Gasteiger partial charge in [0.15, 0.2) is 0 Å². The molecule has 2 atom stereocenters. The van der Waals surface area contributed by atoms with E-state index >= 15 is 0 Å². The predicted octanol–water partition coefficient (Wildman–Crippen LogP) is 2.55. The number of halogens is 3. The molecule has 0 aromatic carbocycles. The van der Waals surface area contributed by atoms with Gasteiger partial charge in [0.05, 0.1) is 12.3 Å². The first-order valence-corrected chi connectivity index (χ1v) is 6.06. The molecule has 0 aliphatic heterocycles. The van der Waals surface area contributed by atoms with Crippen LogP contribution in [0.3, 0.4) is 0 Å². The molecule has 0 unspecified atom stereocenters. The average molecular weight is 276 g/mol. The average Bonchev–Trinajstić information content (AvgIpc) is 2.72. The molecule has 2 rings (SSSR count). The van der Waals surface area contributed by atoms with Crippen LogP contribution in [-0.4, -0.2) is 29.1 Å². The summed E-state index contributed by atoms with van der Waals surface area (Å²) < 4.78 is 39.6. The van der Waals surface area contributed by atoms with Crippen molar-refractivity contribution < 1.29 is 23.0 Å². The van der Waals surface area contributed by atoms with Crippen LogP contribution in [-0.2, 0) is 0 Å². The summed E-state index contributed by atoms with van der Waals surface area (Å²) in [6.45, 7) is 0.656. The van der Waals surface area contributed by atoms with Crippen molar-refractivity contribution in [1.29, 1.82) is 0 Å². The van der Waals surface area contributed by atoms with E-state index < -0.39 is 6.36 Å². The second kappa shape index (κ2) is 5.64. The van der Waals surface area contributed by atoms with Gasteiger partial charge in [0.2, 0.25) is 0 Å².